The Balaban J connectivity index is 2.29. The molecule has 3 aromatic rings. The van der Waals surface area contributed by atoms with E-state index in [2.05, 4.69) is 9.97 Å². The highest BCUT2D eigenvalue weighted by molar-refractivity contribution is 5.82. The molecule has 0 aliphatic rings. The third-order valence-corrected chi connectivity index (χ3v) is 3.17. The maximum atomic E-state index is 11.1. The molecule has 0 aliphatic carbocycles. The molecule has 0 aliphatic heterocycles. The molecule has 1 aromatic carbocycles. The molecule has 5 heteroatoms. The van der Waals surface area contributed by atoms with Crippen LogP contribution >= 0.6 is 0 Å². The molecule has 0 radical (unpaired) electrons. The number of fused-ring (bicyclic) bond motifs is 1. The summed E-state index contributed by atoms with van der Waals surface area (Å²) >= 11 is 0. The van der Waals surface area contributed by atoms with Gasteiger partial charge in [0.15, 0.2) is 5.82 Å². The number of carbonyl (C=O) groups is 1. The molecule has 0 fully saturated rings. The van der Waals surface area contributed by atoms with Crippen LogP contribution in [0.25, 0.3) is 22.6 Å². The Kier molecular flexibility index (Phi) is 2.95. The molecule has 0 unspecified atom stereocenters. The van der Waals surface area contributed by atoms with Crippen molar-refractivity contribution in [1.29, 1.82) is 0 Å². The summed E-state index contributed by atoms with van der Waals surface area (Å²) in [6.07, 6.45) is 1.69. The van der Waals surface area contributed by atoms with Crippen LogP contribution in [0.3, 0.4) is 0 Å². The number of carboxylic acids is 1. The fraction of sp³-hybridized carbons (Fsp3) is 0.133. The van der Waals surface area contributed by atoms with E-state index in [0.29, 0.717) is 11.5 Å². The van der Waals surface area contributed by atoms with Gasteiger partial charge in [-0.2, -0.15) is 0 Å². The van der Waals surface area contributed by atoms with Gasteiger partial charge in [-0.3, -0.25) is 9.78 Å². The predicted octanol–water partition coefficient (Wildman–Crippen LogP) is 2.49. The van der Waals surface area contributed by atoms with Gasteiger partial charge in [-0.15, -0.1) is 0 Å². The first-order valence-corrected chi connectivity index (χ1v) is 6.26. The van der Waals surface area contributed by atoms with Gasteiger partial charge in [-0.05, 0) is 30.7 Å². The van der Waals surface area contributed by atoms with E-state index in [0.717, 1.165) is 16.6 Å². The van der Waals surface area contributed by atoms with E-state index in [9.17, 15) is 4.79 Å². The summed E-state index contributed by atoms with van der Waals surface area (Å²) in [5, 5.41) is 9.12. The van der Waals surface area contributed by atoms with Gasteiger partial charge in [0.25, 0.3) is 0 Å². The lowest BCUT2D eigenvalue weighted by Gasteiger charge is -2.07. The molecule has 20 heavy (non-hydrogen) atoms. The van der Waals surface area contributed by atoms with Gasteiger partial charge in [0, 0.05) is 6.20 Å². The molecular formula is C15H13N3O2. The Morgan fingerprint density at radius 1 is 1.25 bits per heavy atom. The van der Waals surface area contributed by atoms with Crippen molar-refractivity contribution >= 4 is 17.0 Å². The molecular weight excluding hydrogens is 254 g/mol. The van der Waals surface area contributed by atoms with E-state index in [1.54, 1.807) is 10.8 Å². The number of para-hydroxylation sites is 2. The summed E-state index contributed by atoms with van der Waals surface area (Å²) in [5.74, 6) is -0.310. The van der Waals surface area contributed by atoms with Crippen LogP contribution in [-0.4, -0.2) is 25.6 Å². The van der Waals surface area contributed by atoms with Gasteiger partial charge in [0.2, 0.25) is 0 Å². The molecule has 1 N–H and O–H groups in total. The third-order valence-electron chi connectivity index (χ3n) is 3.17. The minimum absolute atomic E-state index is 0.133. The second kappa shape index (κ2) is 4.77. The molecule has 0 bridgehead atoms. The molecule has 0 amide bonds. The first-order chi connectivity index (χ1) is 9.66. The van der Waals surface area contributed by atoms with Gasteiger partial charge < -0.3 is 9.67 Å². The van der Waals surface area contributed by atoms with Crippen molar-refractivity contribution in [2.24, 2.45) is 0 Å². The Labute approximate surface area is 115 Å². The Morgan fingerprint density at radius 3 is 2.80 bits per heavy atom. The van der Waals surface area contributed by atoms with Crippen LogP contribution < -0.4 is 0 Å². The minimum Gasteiger partial charge on any atom is -0.480 e. The SMILES string of the molecule is Cc1cccnc1-c1nc2ccccc2n1CC(=O)O. The number of imidazole rings is 1. The Morgan fingerprint density at radius 2 is 2.05 bits per heavy atom. The number of hydrogen-bond acceptors (Lipinski definition) is 3. The van der Waals surface area contributed by atoms with Gasteiger partial charge >= 0.3 is 5.97 Å². The van der Waals surface area contributed by atoms with E-state index in [1.165, 1.54) is 0 Å². The number of carboxylic acid groups (broad SMARTS) is 1. The van der Waals surface area contributed by atoms with E-state index >= 15 is 0 Å². The van der Waals surface area contributed by atoms with Gasteiger partial charge in [0.1, 0.15) is 12.2 Å². The van der Waals surface area contributed by atoms with Crippen LogP contribution in [-0.2, 0) is 11.3 Å². The normalized spacial score (nSPS) is 10.8. The van der Waals surface area contributed by atoms with Crippen LogP contribution in [0.4, 0.5) is 0 Å². The standard InChI is InChI=1S/C15H13N3O2/c1-10-5-4-8-16-14(10)15-17-11-6-2-3-7-12(11)18(15)9-13(19)20/h2-8H,9H2,1H3,(H,19,20). The van der Waals surface area contributed by atoms with Gasteiger partial charge in [0.05, 0.1) is 11.0 Å². The first kappa shape index (κ1) is 12.3. The van der Waals surface area contributed by atoms with Crippen molar-refractivity contribution < 1.29 is 9.90 Å². The summed E-state index contributed by atoms with van der Waals surface area (Å²) in [6.45, 7) is 1.80. The number of aryl methyl sites for hydroxylation is 1. The molecule has 2 aromatic heterocycles. The largest absolute Gasteiger partial charge is 0.480 e. The zero-order valence-electron chi connectivity index (χ0n) is 10.9. The van der Waals surface area contributed by atoms with Crippen molar-refractivity contribution in [3.8, 4) is 11.5 Å². The summed E-state index contributed by atoms with van der Waals surface area (Å²) < 4.78 is 1.69. The molecule has 0 saturated heterocycles. The fourth-order valence-electron chi connectivity index (χ4n) is 2.27. The number of pyridine rings is 1. The lowest BCUT2D eigenvalue weighted by molar-refractivity contribution is -0.137. The summed E-state index contributed by atoms with van der Waals surface area (Å²) in [7, 11) is 0. The summed E-state index contributed by atoms with van der Waals surface area (Å²) in [6, 6.07) is 11.3. The lowest BCUT2D eigenvalue weighted by Crippen LogP contribution is -2.10. The highest BCUT2D eigenvalue weighted by atomic mass is 16.4. The van der Waals surface area contributed by atoms with E-state index in [1.807, 2.05) is 43.3 Å². The predicted molar refractivity (Wildman–Crippen MR) is 75.3 cm³/mol. The number of rotatable bonds is 3. The smallest absolute Gasteiger partial charge is 0.323 e. The van der Waals surface area contributed by atoms with E-state index < -0.39 is 5.97 Å². The van der Waals surface area contributed by atoms with Crippen molar-refractivity contribution in [2.75, 3.05) is 0 Å². The van der Waals surface area contributed by atoms with Crippen LogP contribution in [0, 0.1) is 6.92 Å². The molecule has 0 atom stereocenters. The summed E-state index contributed by atoms with van der Waals surface area (Å²) in [4.78, 5) is 20.0. The van der Waals surface area contributed by atoms with Crippen LogP contribution in [0.15, 0.2) is 42.6 Å². The number of nitrogens with zero attached hydrogens (tertiary/aromatic N) is 3. The molecule has 100 valence electrons. The zero-order valence-corrected chi connectivity index (χ0v) is 10.9. The first-order valence-electron chi connectivity index (χ1n) is 6.26. The van der Waals surface area contributed by atoms with Crippen molar-refractivity contribution in [2.45, 2.75) is 13.5 Å². The fourth-order valence-corrected chi connectivity index (χ4v) is 2.27. The van der Waals surface area contributed by atoms with Gasteiger partial charge in [-0.25, -0.2) is 4.98 Å². The second-order valence-corrected chi connectivity index (χ2v) is 4.57. The van der Waals surface area contributed by atoms with Crippen molar-refractivity contribution in [3.63, 3.8) is 0 Å². The number of aromatic nitrogens is 3. The number of benzene rings is 1. The van der Waals surface area contributed by atoms with Crippen LogP contribution in [0.1, 0.15) is 5.56 Å². The van der Waals surface area contributed by atoms with Crippen LogP contribution in [0.5, 0.6) is 0 Å². The second-order valence-electron chi connectivity index (χ2n) is 4.57. The average molecular weight is 267 g/mol. The topological polar surface area (TPSA) is 68.0 Å². The molecule has 0 spiro atoms. The number of aliphatic carboxylic acids is 1. The number of hydrogen-bond donors (Lipinski definition) is 1. The van der Waals surface area contributed by atoms with E-state index in [-0.39, 0.29) is 6.54 Å². The van der Waals surface area contributed by atoms with Crippen molar-refractivity contribution in [3.05, 3.63) is 48.2 Å². The maximum absolute atomic E-state index is 11.1. The monoisotopic (exact) mass is 267 g/mol. The minimum atomic E-state index is -0.900. The molecule has 0 saturated carbocycles. The Hall–Kier alpha value is -2.69. The molecule has 5 nitrogen and oxygen atoms in total. The van der Waals surface area contributed by atoms with Gasteiger partial charge in [-0.1, -0.05) is 18.2 Å². The third kappa shape index (κ3) is 2.03. The average Bonchev–Trinajstić information content (AvgIpc) is 2.78. The highest BCUT2D eigenvalue weighted by Gasteiger charge is 2.16. The summed E-state index contributed by atoms with van der Waals surface area (Å²) in [5.41, 5.74) is 3.25. The molecule has 3 rings (SSSR count). The quantitative estimate of drug-likeness (QED) is 0.791. The zero-order chi connectivity index (χ0) is 14.1. The van der Waals surface area contributed by atoms with E-state index in [4.69, 9.17) is 5.11 Å². The Bertz CT molecular complexity index is 793. The maximum Gasteiger partial charge on any atom is 0.323 e. The molecule has 2 heterocycles. The van der Waals surface area contributed by atoms with Crippen LogP contribution in [0.2, 0.25) is 0 Å². The lowest BCUT2D eigenvalue weighted by atomic mass is 10.2. The van der Waals surface area contributed by atoms with Crippen molar-refractivity contribution in [1.82, 2.24) is 14.5 Å². The highest BCUT2D eigenvalue weighted by Crippen LogP contribution is 2.25.